The lowest BCUT2D eigenvalue weighted by Crippen LogP contribution is -2.29. The highest BCUT2D eigenvalue weighted by molar-refractivity contribution is 5.38. The molecule has 0 aliphatic carbocycles. The van der Waals surface area contributed by atoms with E-state index in [4.69, 9.17) is 10.6 Å². The zero-order valence-electron chi connectivity index (χ0n) is 11.6. The van der Waals surface area contributed by atoms with Crippen molar-refractivity contribution >= 4 is 0 Å². The summed E-state index contributed by atoms with van der Waals surface area (Å²) in [4.78, 5) is 0. The smallest absolute Gasteiger partial charge is 0.165 e. The van der Waals surface area contributed by atoms with E-state index >= 15 is 0 Å². The van der Waals surface area contributed by atoms with Gasteiger partial charge in [-0.3, -0.25) is 5.84 Å². The van der Waals surface area contributed by atoms with E-state index in [1.807, 2.05) is 0 Å². The van der Waals surface area contributed by atoms with Crippen molar-refractivity contribution in [1.82, 2.24) is 5.43 Å². The van der Waals surface area contributed by atoms with Gasteiger partial charge in [-0.2, -0.15) is 0 Å². The van der Waals surface area contributed by atoms with Crippen LogP contribution in [-0.2, 0) is 0 Å². The van der Waals surface area contributed by atoms with Gasteiger partial charge >= 0.3 is 0 Å². The fraction of sp³-hybridized carbons (Fsp3) is 0.200. The Labute approximate surface area is 120 Å². The van der Waals surface area contributed by atoms with E-state index in [-0.39, 0.29) is 16.9 Å². The molecular formula is C15H15F3N2O. The minimum absolute atomic E-state index is 0.0743. The molecule has 0 amide bonds. The first-order valence-corrected chi connectivity index (χ1v) is 6.23. The standard InChI is InChI=1S/C15H15F3N2O/c1-8-5-10(12(17)7-11(8)16)15(20-19)9-3-4-14(21-2)13(18)6-9/h3-7,15,20H,19H2,1-2H3. The number of methoxy groups -OCH3 is 1. The Hall–Kier alpha value is -2.05. The first kappa shape index (κ1) is 15.3. The van der Waals surface area contributed by atoms with E-state index in [1.54, 1.807) is 6.07 Å². The number of ether oxygens (including phenoxy) is 1. The van der Waals surface area contributed by atoms with Crippen LogP contribution in [0.15, 0.2) is 30.3 Å². The molecule has 0 fully saturated rings. The zero-order valence-corrected chi connectivity index (χ0v) is 11.6. The van der Waals surface area contributed by atoms with Crippen molar-refractivity contribution < 1.29 is 17.9 Å². The summed E-state index contributed by atoms with van der Waals surface area (Å²) >= 11 is 0. The molecule has 0 aromatic heterocycles. The summed E-state index contributed by atoms with van der Waals surface area (Å²) in [5.74, 6) is 3.54. The second kappa shape index (κ2) is 6.15. The van der Waals surface area contributed by atoms with E-state index in [1.165, 1.54) is 32.2 Å². The molecule has 1 atom stereocenters. The summed E-state index contributed by atoms with van der Waals surface area (Å²) in [6.45, 7) is 1.51. The summed E-state index contributed by atoms with van der Waals surface area (Å²) in [5.41, 5.74) is 3.24. The highest BCUT2D eigenvalue weighted by atomic mass is 19.1. The lowest BCUT2D eigenvalue weighted by atomic mass is 9.97. The molecule has 2 rings (SSSR count). The van der Waals surface area contributed by atoms with Crippen molar-refractivity contribution in [2.75, 3.05) is 7.11 Å². The number of benzene rings is 2. The highest BCUT2D eigenvalue weighted by Crippen LogP contribution is 2.28. The zero-order chi connectivity index (χ0) is 15.6. The maximum atomic E-state index is 13.9. The molecule has 2 aromatic rings. The molecule has 21 heavy (non-hydrogen) atoms. The summed E-state index contributed by atoms with van der Waals surface area (Å²) in [6.07, 6.45) is 0. The van der Waals surface area contributed by atoms with E-state index in [9.17, 15) is 13.2 Å². The molecule has 0 spiro atoms. The van der Waals surface area contributed by atoms with Crippen molar-refractivity contribution in [1.29, 1.82) is 0 Å². The fourth-order valence-corrected chi connectivity index (χ4v) is 2.13. The summed E-state index contributed by atoms with van der Waals surface area (Å²) in [7, 11) is 1.35. The predicted octanol–water partition coefficient (Wildman–Crippen LogP) is 2.97. The number of hydrogen-bond donors (Lipinski definition) is 2. The molecule has 0 bridgehead atoms. The molecule has 3 N–H and O–H groups in total. The predicted molar refractivity (Wildman–Crippen MR) is 73.2 cm³/mol. The third kappa shape index (κ3) is 3.01. The monoisotopic (exact) mass is 296 g/mol. The lowest BCUT2D eigenvalue weighted by Gasteiger charge is -2.19. The minimum atomic E-state index is -0.801. The minimum Gasteiger partial charge on any atom is -0.494 e. The molecule has 0 saturated heterocycles. The molecule has 0 heterocycles. The first-order valence-electron chi connectivity index (χ1n) is 6.23. The molecule has 6 heteroatoms. The average Bonchev–Trinajstić information content (AvgIpc) is 2.45. The average molecular weight is 296 g/mol. The molecule has 0 saturated carbocycles. The number of nitrogens with one attached hydrogen (secondary N) is 1. The Balaban J connectivity index is 2.49. The van der Waals surface area contributed by atoms with Gasteiger partial charge in [0.1, 0.15) is 11.6 Å². The van der Waals surface area contributed by atoms with E-state index < -0.39 is 23.5 Å². The SMILES string of the molecule is COc1ccc(C(NN)c2cc(C)c(F)cc2F)cc1F. The summed E-state index contributed by atoms with van der Waals surface area (Å²) in [5, 5.41) is 0. The molecule has 112 valence electrons. The van der Waals surface area contributed by atoms with Crippen molar-refractivity contribution in [2.45, 2.75) is 13.0 Å². The second-order valence-electron chi connectivity index (χ2n) is 4.62. The Kier molecular flexibility index (Phi) is 4.50. The third-order valence-electron chi connectivity index (χ3n) is 3.26. The van der Waals surface area contributed by atoms with Gasteiger partial charge in [-0.25, -0.2) is 18.6 Å². The van der Waals surface area contributed by atoms with Crippen LogP contribution in [0.2, 0.25) is 0 Å². The largest absolute Gasteiger partial charge is 0.494 e. The van der Waals surface area contributed by atoms with Gasteiger partial charge in [0.2, 0.25) is 0 Å². The molecule has 1 unspecified atom stereocenters. The molecule has 3 nitrogen and oxygen atoms in total. The maximum Gasteiger partial charge on any atom is 0.165 e. The molecule has 0 aliphatic rings. The van der Waals surface area contributed by atoms with Crippen LogP contribution in [0.25, 0.3) is 0 Å². The lowest BCUT2D eigenvalue weighted by molar-refractivity contribution is 0.385. The van der Waals surface area contributed by atoms with Gasteiger partial charge in [0, 0.05) is 11.6 Å². The number of hydrazine groups is 1. The molecule has 0 radical (unpaired) electrons. The number of nitrogens with two attached hydrogens (primary N) is 1. The van der Waals surface area contributed by atoms with Gasteiger partial charge in [-0.1, -0.05) is 6.07 Å². The maximum absolute atomic E-state index is 13.9. The van der Waals surface area contributed by atoms with Crippen LogP contribution in [0.4, 0.5) is 13.2 Å². The topological polar surface area (TPSA) is 47.3 Å². The van der Waals surface area contributed by atoms with Gasteiger partial charge in [0.05, 0.1) is 13.2 Å². The number of halogens is 3. The third-order valence-corrected chi connectivity index (χ3v) is 3.26. The van der Waals surface area contributed by atoms with Crippen molar-refractivity contribution in [2.24, 2.45) is 5.84 Å². The highest BCUT2D eigenvalue weighted by Gasteiger charge is 2.20. The van der Waals surface area contributed by atoms with E-state index in [0.717, 1.165) is 6.07 Å². The Morgan fingerprint density at radius 1 is 1.05 bits per heavy atom. The van der Waals surface area contributed by atoms with Crippen LogP contribution < -0.4 is 16.0 Å². The van der Waals surface area contributed by atoms with Gasteiger partial charge in [0.15, 0.2) is 11.6 Å². The molecule has 0 aliphatic heterocycles. The first-order chi connectivity index (χ1) is 9.97. The van der Waals surface area contributed by atoms with E-state index in [0.29, 0.717) is 5.56 Å². The number of hydrogen-bond acceptors (Lipinski definition) is 3. The van der Waals surface area contributed by atoms with Gasteiger partial charge < -0.3 is 4.74 Å². The fourth-order valence-electron chi connectivity index (χ4n) is 2.13. The number of rotatable bonds is 4. The van der Waals surface area contributed by atoms with Crippen LogP contribution in [0.1, 0.15) is 22.7 Å². The van der Waals surface area contributed by atoms with E-state index in [2.05, 4.69) is 5.43 Å². The summed E-state index contributed by atoms with van der Waals surface area (Å²) in [6, 6.07) is 5.51. The van der Waals surface area contributed by atoms with Crippen molar-refractivity contribution in [3.05, 3.63) is 64.5 Å². The quantitative estimate of drug-likeness (QED) is 0.673. The van der Waals surface area contributed by atoms with Crippen LogP contribution in [-0.4, -0.2) is 7.11 Å². The van der Waals surface area contributed by atoms with Crippen LogP contribution >= 0.6 is 0 Å². The normalized spacial score (nSPS) is 12.3. The van der Waals surface area contributed by atoms with Crippen LogP contribution in [0, 0.1) is 24.4 Å². The Morgan fingerprint density at radius 3 is 2.33 bits per heavy atom. The molecular weight excluding hydrogens is 281 g/mol. The molecule has 2 aromatic carbocycles. The number of aryl methyl sites for hydroxylation is 1. The Morgan fingerprint density at radius 2 is 1.76 bits per heavy atom. The van der Waals surface area contributed by atoms with Crippen molar-refractivity contribution in [3.63, 3.8) is 0 Å². The van der Waals surface area contributed by atoms with Gasteiger partial charge in [-0.05, 0) is 36.2 Å². The second-order valence-corrected chi connectivity index (χ2v) is 4.62. The van der Waals surface area contributed by atoms with Gasteiger partial charge in [-0.15, -0.1) is 0 Å². The summed E-state index contributed by atoms with van der Waals surface area (Å²) < 4.78 is 45.9. The van der Waals surface area contributed by atoms with Crippen LogP contribution in [0.3, 0.4) is 0 Å². The van der Waals surface area contributed by atoms with Gasteiger partial charge in [0.25, 0.3) is 0 Å². The Bertz CT molecular complexity index is 662. The van der Waals surface area contributed by atoms with Crippen LogP contribution in [0.5, 0.6) is 5.75 Å². The van der Waals surface area contributed by atoms with Crippen molar-refractivity contribution in [3.8, 4) is 5.75 Å².